The van der Waals surface area contributed by atoms with E-state index in [9.17, 15) is 18.8 Å². The molecule has 10 heteroatoms. The van der Waals surface area contributed by atoms with Gasteiger partial charge in [-0.1, -0.05) is 30.0 Å². The summed E-state index contributed by atoms with van der Waals surface area (Å²) in [6.07, 6.45) is 0. The van der Waals surface area contributed by atoms with Crippen LogP contribution in [0.25, 0.3) is 5.65 Å². The van der Waals surface area contributed by atoms with Crippen molar-refractivity contribution < 1.29 is 14.0 Å². The summed E-state index contributed by atoms with van der Waals surface area (Å²) in [5.74, 6) is -0.956. The minimum absolute atomic E-state index is 0.120. The number of nitrogens with one attached hydrogen (secondary N) is 1. The van der Waals surface area contributed by atoms with E-state index in [1.54, 1.807) is 48.5 Å². The fraction of sp³-hybridized carbons (Fsp3) is 0.0952. The number of nitrogens with zero attached hydrogens (tertiary/aromatic N) is 4. The van der Waals surface area contributed by atoms with E-state index in [2.05, 4.69) is 15.5 Å². The van der Waals surface area contributed by atoms with E-state index in [-0.39, 0.29) is 23.8 Å². The summed E-state index contributed by atoms with van der Waals surface area (Å²) in [5.41, 5.74) is 0.612. The molecule has 0 saturated carbocycles. The zero-order chi connectivity index (χ0) is 22.0. The van der Waals surface area contributed by atoms with Crippen molar-refractivity contribution in [1.82, 2.24) is 19.4 Å². The number of ketones is 1. The second-order valence-electron chi connectivity index (χ2n) is 6.63. The van der Waals surface area contributed by atoms with E-state index in [4.69, 9.17) is 0 Å². The Balaban J connectivity index is 1.52. The van der Waals surface area contributed by atoms with Crippen LogP contribution in [0.4, 0.5) is 10.1 Å². The van der Waals surface area contributed by atoms with Crippen molar-refractivity contribution in [3.05, 3.63) is 82.5 Å². The molecule has 156 valence electrons. The monoisotopic (exact) mass is 437 g/mol. The summed E-state index contributed by atoms with van der Waals surface area (Å²) in [6.45, 7) is 1.11. The average molecular weight is 437 g/mol. The first-order valence-electron chi connectivity index (χ1n) is 9.20. The van der Waals surface area contributed by atoms with Crippen molar-refractivity contribution in [2.24, 2.45) is 0 Å². The molecule has 0 aliphatic carbocycles. The molecule has 0 fully saturated rings. The van der Waals surface area contributed by atoms with E-state index in [1.165, 1.54) is 30.8 Å². The molecule has 31 heavy (non-hydrogen) atoms. The van der Waals surface area contributed by atoms with Crippen molar-refractivity contribution in [2.75, 3.05) is 5.32 Å². The van der Waals surface area contributed by atoms with Gasteiger partial charge in [-0.15, -0.1) is 5.10 Å². The summed E-state index contributed by atoms with van der Waals surface area (Å²) in [5, 5.41) is 11.5. The predicted octanol–water partition coefficient (Wildman–Crippen LogP) is 3.02. The number of amides is 1. The zero-order valence-corrected chi connectivity index (χ0v) is 17.1. The fourth-order valence-corrected chi connectivity index (χ4v) is 3.67. The number of halogens is 1. The normalized spacial score (nSPS) is 10.9. The second kappa shape index (κ2) is 8.52. The van der Waals surface area contributed by atoms with E-state index < -0.39 is 11.6 Å². The van der Waals surface area contributed by atoms with E-state index in [0.717, 1.165) is 9.20 Å². The number of carbonyl (C=O) groups excluding carboxylic acids is 2. The summed E-state index contributed by atoms with van der Waals surface area (Å²) >= 11 is 1.20. The number of aromatic nitrogens is 4. The van der Waals surface area contributed by atoms with Crippen molar-refractivity contribution in [2.45, 2.75) is 23.4 Å². The lowest BCUT2D eigenvalue weighted by atomic mass is 10.1. The lowest BCUT2D eigenvalue weighted by molar-refractivity contribution is -0.117. The van der Waals surface area contributed by atoms with Crippen LogP contribution in [0, 0.1) is 5.82 Å². The van der Waals surface area contributed by atoms with Crippen molar-refractivity contribution in [3.63, 3.8) is 0 Å². The van der Waals surface area contributed by atoms with Crippen LogP contribution in [0.3, 0.4) is 0 Å². The number of hydrogen-bond donors (Lipinski definition) is 1. The van der Waals surface area contributed by atoms with Crippen molar-refractivity contribution >= 4 is 34.8 Å². The first kappa shape index (κ1) is 20.5. The van der Waals surface area contributed by atoms with Crippen LogP contribution in [0.15, 0.2) is 75.4 Å². The first-order chi connectivity index (χ1) is 14.9. The Bertz CT molecular complexity index is 1360. The van der Waals surface area contributed by atoms with Crippen LogP contribution in [0.1, 0.15) is 17.3 Å². The topological polar surface area (TPSA) is 98.4 Å². The number of Topliss-reactive ketones (excluding diaryl/α,β-unsaturated/α-hetero) is 1. The Labute approximate surface area is 179 Å². The maximum atomic E-state index is 13.4. The number of fused-ring (bicyclic) bond motifs is 1. The van der Waals surface area contributed by atoms with E-state index >= 15 is 0 Å². The summed E-state index contributed by atoms with van der Waals surface area (Å²) in [6, 6.07) is 15.8. The summed E-state index contributed by atoms with van der Waals surface area (Å²) in [7, 11) is 0. The van der Waals surface area contributed by atoms with Crippen LogP contribution in [0.2, 0.25) is 0 Å². The first-order valence-corrected chi connectivity index (χ1v) is 10.0. The highest BCUT2D eigenvalue weighted by molar-refractivity contribution is 7.99. The average Bonchev–Trinajstić information content (AvgIpc) is 3.03. The van der Waals surface area contributed by atoms with Crippen molar-refractivity contribution in [1.29, 1.82) is 0 Å². The third-order valence-corrected chi connectivity index (χ3v) is 5.20. The molecule has 0 bridgehead atoms. The molecule has 2 heterocycles. The van der Waals surface area contributed by atoms with Gasteiger partial charge >= 0.3 is 5.69 Å². The lowest BCUT2D eigenvalue weighted by Crippen LogP contribution is -2.28. The third kappa shape index (κ3) is 4.69. The van der Waals surface area contributed by atoms with Gasteiger partial charge in [-0.2, -0.15) is 9.61 Å². The van der Waals surface area contributed by atoms with Gasteiger partial charge in [0.1, 0.15) is 17.4 Å². The molecule has 0 aliphatic heterocycles. The maximum absolute atomic E-state index is 13.4. The Hall–Kier alpha value is -3.79. The molecule has 0 atom stereocenters. The molecule has 0 radical (unpaired) electrons. The molecule has 4 rings (SSSR count). The van der Waals surface area contributed by atoms with E-state index in [1.807, 2.05) is 0 Å². The molecule has 2 aromatic heterocycles. The Morgan fingerprint density at radius 3 is 2.65 bits per heavy atom. The van der Waals surface area contributed by atoms with Crippen LogP contribution in [0.5, 0.6) is 0 Å². The molecule has 1 amide bonds. The van der Waals surface area contributed by atoms with Gasteiger partial charge in [-0.25, -0.2) is 13.9 Å². The second-order valence-corrected chi connectivity index (χ2v) is 7.72. The summed E-state index contributed by atoms with van der Waals surface area (Å²) in [4.78, 5) is 37.1. The molecule has 2 aromatic carbocycles. The number of hydrogen-bond acceptors (Lipinski definition) is 6. The van der Waals surface area contributed by atoms with Gasteiger partial charge < -0.3 is 5.32 Å². The van der Waals surface area contributed by atoms with E-state index in [0.29, 0.717) is 21.2 Å². The van der Waals surface area contributed by atoms with Gasteiger partial charge in [0.15, 0.2) is 11.4 Å². The molecule has 1 N–H and O–H groups in total. The SMILES string of the molecule is CC(=O)c1cccc(NC(=O)Cn2nc3ccc(Sc4cccc(F)c4)nn3c2=O)c1. The highest BCUT2D eigenvalue weighted by Gasteiger charge is 2.13. The number of benzene rings is 2. The zero-order valence-electron chi connectivity index (χ0n) is 16.3. The predicted molar refractivity (Wildman–Crippen MR) is 113 cm³/mol. The van der Waals surface area contributed by atoms with Crippen molar-refractivity contribution in [3.8, 4) is 0 Å². The molecule has 8 nitrogen and oxygen atoms in total. The Kier molecular flexibility index (Phi) is 5.63. The van der Waals surface area contributed by atoms with Gasteiger partial charge in [0.2, 0.25) is 5.91 Å². The maximum Gasteiger partial charge on any atom is 0.367 e. The fourth-order valence-electron chi connectivity index (χ4n) is 2.85. The summed E-state index contributed by atoms with van der Waals surface area (Å²) < 4.78 is 15.5. The molecule has 0 aliphatic rings. The number of anilines is 1. The molecular formula is C21H16FN5O3S. The minimum Gasteiger partial charge on any atom is -0.324 e. The quantitative estimate of drug-likeness (QED) is 0.466. The Morgan fingerprint density at radius 2 is 1.87 bits per heavy atom. The molecule has 0 saturated heterocycles. The molecule has 0 spiro atoms. The largest absolute Gasteiger partial charge is 0.367 e. The molecular weight excluding hydrogens is 421 g/mol. The van der Waals surface area contributed by atoms with Gasteiger partial charge in [-0.3, -0.25) is 9.59 Å². The van der Waals surface area contributed by atoms with Crippen LogP contribution in [-0.4, -0.2) is 31.1 Å². The highest BCUT2D eigenvalue weighted by Crippen LogP contribution is 2.26. The van der Waals surface area contributed by atoms with Gasteiger partial charge in [0, 0.05) is 16.1 Å². The smallest absolute Gasteiger partial charge is 0.324 e. The Morgan fingerprint density at radius 1 is 1.06 bits per heavy atom. The third-order valence-electron chi connectivity index (χ3n) is 4.28. The number of carbonyl (C=O) groups is 2. The highest BCUT2D eigenvalue weighted by atomic mass is 32.2. The lowest BCUT2D eigenvalue weighted by Gasteiger charge is -2.05. The van der Waals surface area contributed by atoms with Gasteiger partial charge in [-0.05, 0) is 49.4 Å². The van der Waals surface area contributed by atoms with Crippen LogP contribution in [-0.2, 0) is 11.3 Å². The van der Waals surface area contributed by atoms with Crippen LogP contribution >= 0.6 is 11.8 Å². The molecule has 4 aromatic rings. The minimum atomic E-state index is -0.579. The molecule has 0 unspecified atom stereocenters. The van der Waals surface area contributed by atoms with Crippen LogP contribution < -0.4 is 11.0 Å². The van der Waals surface area contributed by atoms with Gasteiger partial charge in [0.25, 0.3) is 0 Å². The van der Waals surface area contributed by atoms with Gasteiger partial charge in [0.05, 0.1) is 0 Å². The number of rotatable bonds is 6. The standard InChI is InChI=1S/C21H16FN5O3S/c1-13(28)14-4-2-6-16(10-14)23-19(29)12-26-21(30)27-18(24-26)8-9-20(25-27)31-17-7-3-5-15(22)11-17/h2-11H,12H2,1H3,(H,23,29).